The third-order valence-corrected chi connectivity index (χ3v) is 5.01. The number of rotatable bonds is 6. The largest absolute Gasteiger partial charge is 0.508 e. The molecule has 1 saturated carbocycles. The van der Waals surface area contributed by atoms with Crippen LogP contribution in [0.2, 0.25) is 0 Å². The van der Waals surface area contributed by atoms with Gasteiger partial charge in [0.25, 0.3) is 0 Å². The normalized spacial score (nSPS) is 20.3. The van der Waals surface area contributed by atoms with Crippen molar-refractivity contribution >= 4 is 12.4 Å². The Labute approximate surface area is 151 Å². The van der Waals surface area contributed by atoms with E-state index >= 15 is 0 Å². The average molecular weight is 346 g/mol. The van der Waals surface area contributed by atoms with E-state index in [1.54, 1.807) is 0 Å². The molecular weight excluding hydrogens is 318 g/mol. The fraction of sp³-hybridized carbons (Fsp3) is 0.429. The highest BCUT2D eigenvalue weighted by Crippen LogP contribution is 2.33. The zero-order valence-electron chi connectivity index (χ0n) is 14.2. The molecule has 1 aliphatic rings. The van der Waals surface area contributed by atoms with Crippen molar-refractivity contribution in [1.82, 2.24) is 5.32 Å². The van der Waals surface area contributed by atoms with Crippen molar-refractivity contribution in [1.29, 1.82) is 0 Å². The Morgan fingerprint density at radius 1 is 0.875 bits per heavy atom. The molecule has 0 aromatic heterocycles. The maximum absolute atomic E-state index is 9.39. The van der Waals surface area contributed by atoms with Crippen LogP contribution in [0.4, 0.5) is 0 Å². The minimum atomic E-state index is 0. The Morgan fingerprint density at radius 2 is 1.54 bits per heavy atom. The predicted octanol–water partition coefficient (Wildman–Crippen LogP) is 5.06. The van der Waals surface area contributed by atoms with Crippen LogP contribution in [0.5, 0.6) is 5.75 Å². The van der Waals surface area contributed by atoms with Gasteiger partial charge >= 0.3 is 0 Å². The third-order valence-electron chi connectivity index (χ3n) is 5.01. The zero-order valence-corrected chi connectivity index (χ0v) is 15.0. The van der Waals surface area contributed by atoms with E-state index in [1.807, 2.05) is 12.1 Å². The van der Waals surface area contributed by atoms with Crippen molar-refractivity contribution in [3.8, 4) is 5.75 Å². The average Bonchev–Trinajstić information content (AvgIpc) is 2.61. The van der Waals surface area contributed by atoms with Gasteiger partial charge in [0.05, 0.1) is 0 Å². The standard InChI is InChI=1S/C21H27NO.ClH/c23-21-14-10-19(11-15-21)18-8-12-20(13-9-18)22-16-4-7-17-5-2-1-3-6-17;/h1-3,5-6,10-11,14-15,18,20,22-23H,4,7-9,12-13,16H2;1H. The molecular formula is C21H28ClNO. The van der Waals surface area contributed by atoms with Crippen LogP contribution < -0.4 is 5.32 Å². The highest BCUT2D eigenvalue weighted by Gasteiger charge is 2.21. The van der Waals surface area contributed by atoms with Gasteiger partial charge in [-0.15, -0.1) is 12.4 Å². The minimum absolute atomic E-state index is 0. The number of phenolic OH excluding ortho intramolecular Hbond substituents is 1. The van der Waals surface area contributed by atoms with Gasteiger partial charge in [0, 0.05) is 6.04 Å². The molecule has 2 aromatic carbocycles. The fourth-order valence-electron chi connectivity index (χ4n) is 3.62. The summed E-state index contributed by atoms with van der Waals surface area (Å²) in [4.78, 5) is 0. The van der Waals surface area contributed by atoms with Gasteiger partial charge in [-0.1, -0.05) is 42.5 Å². The second-order valence-corrected chi connectivity index (χ2v) is 6.68. The van der Waals surface area contributed by atoms with E-state index in [0.29, 0.717) is 17.7 Å². The Morgan fingerprint density at radius 3 is 2.21 bits per heavy atom. The van der Waals surface area contributed by atoms with E-state index in [4.69, 9.17) is 0 Å². The van der Waals surface area contributed by atoms with Crippen LogP contribution in [0, 0.1) is 0 Å². The van der Waals surface area contributed by atoms with E-state index in [9.17, 15) is 5.11 Å². The first-order valence-electron chi connectivity index (χ1n) is 8.87. The molecule has 0 unspecified atom stereocenters. The summed E-state index contributed by atoms with van der Waals surface area (Å²) in [5, 5.41) is 13.1. The number of halogens is 1. The summed E-state index contributed by atoms with van der Waals surface area (Å²) in [6, 6.07) is 19.2. The first kappa shape index (κ1) is 18.8. The van der Waals surface area contributed by atoms with Gasteiger partial charge < -0.3 is 10.4 Å². The van der Waals surface area contributed by atoms with Gasteiger partial charge in [0.15, 0.2) is 0 Å². The number of hydrogen-bond acceptors (Lipinski definition) is 2. The molecule has 2 nitrogen and oxygen atoms in total. The van der Waals surface area contributed by atoms with Gasteiger partial charge in [0.1, 0.15) is 5.75 Å². The smallest absolute Gasteiger partial charge is 0.115 e. The molecule has 0 aliphatic heterocycles. The van der Waals surface area contributed by atoms with Gasteiger partial charge in [-0.25, -0.2) is 0 Å². The molecule has 0 saturated heterocycles. The number of hydrogen-bond donors (Lipinski definition) is 2. The number of nitrogens with one attached hydrogen (secondary N) is 1. The van der Waals surface area contributed by atoms with Crippen LogP contribution >= 0.6 is 12.4 Å². The first-order chi connectivity index (χ1) is 11.3. The van der Waals surface area contributed by atoms with Gasteiger partial charge in [-0.2, -0.15) is 0 Å². The Kier molecular flexibility index (Phi) is 7.61. The molecule has 130 valence electrons. The Balaban J connectivity index is 0.00000208. The van der Waals surface area contributed by atoms with Gasteiger partial charge in [0.2, 0.25) is 0 Å². The van der Waals surface area contributed by atoms with Gasteiger partial charge in [-0.3, -0.25) is 0 Å². The van der Waals surface area contributed by atoms with Crippen molar-refractivity contribution in [2.75, 3.05) is 6.54 Å². The maximum atomic E-state index is 9.39. The summed E-state index contributed by atoms with van der Waals surface area (Å²) >= 11 is 0. The highest BCUT2D eigenvalue weighted by atomic mass is 35.5. The molecule has 0 radical (unpaired) electrons. The summed E-state index contributed by atoms with van der Waals surface area (Å²) in [6.45, 7) is 1.11. The van der Waals surface area contributed by atoms with Crippen molar-refractivity contribution < 1.29 is 5.11 Å². The molecule has 1 fully saturated rings. The lowest BCUT2D eigenvalue weighted by atomic mass is 9.81. The Hall–Kier alpha value is -1.51. The van der Waals surface area contributed by atoms with Crippen molar-refractivity contribution in [2.24, 2.45) is 0 Å². The molecule has 0 amide bonds. The molecule has 24 heavy (non-hydrogen) atoms. The van der Waals surface area contributed by atoms with E-state index in [1.165, 1.54) is 43.2 Å². The van der Waals surface area contributed by atoms with E-state index in [0.717, 1.165) is 13.0 Å². The van der Waals surface area contributed by atoms with Crippen LogP contribution in [0.25, 0.3) is 0 Å². The number of aromatic hydroxyl groups is 1. The molecule has 0 spiro atoms. The molecule has 0 bridgehead atoms. The topological polar surface area (TPSA) is 32.3 Å². The van der Waals surface area contributed by atoms with Crippen molar-refractivity contribution in [2.45, 2.75) is 50.5 Å². The van der Waals surface area contributed by atoms with Crippen molar-refractivity contribution in [3.05, 3.63) is 65.7 Å². The summed E-state index contributed by atoms with van der Waals surface area (Å²) in [5.74, 6) is 1.03. The predicted molar refractivity (Wildman–Crippen MR) is 103 cm³/mol. The van der Waals surface area contributed by atoms with E-state index in [-0.39, 0.29) is 12.4 Å². The number of benzene rings is 2. The quantitative estimate of drug-likeness (QED) is 0.717. The molecule has 2 N–H and O–H groups in total. The molecule has 0 heterocycles. The van der Waals surface area contributed by atoms with Crippen LogP contribution in [-0.4, -0.2) is 17.7 Å². The number of aryl methyl sites for hydroxylation is 1. The maximum Gasteiger partial charge on any atom is 0.115 e. The van der Waals surface area contributed by atoms with Gasteiger partial charge in [-0.05, 0) is 74.2 Å². The summed E-state index contributed by atoms with van der Waals surface area (Å²) < 4.78 is 0. The second kappa shape index (κ2) is 9.71. The SMILES string of the molecule is Cl.Oc1ccc(C2CCC(NCCCc3ccccc3)CC2)cc1. The minimum Gasteiger partial charge on any atom is -0.508 e. The zero-order chi connectivity index (χ0) is 15.9. The molecule has 2 aromatic rings. The molecule has 1 aliphatic carbocycles. The molecule has 3 rings (SSSR count). The Bertz CT molecular complexity index is 577. The molecule has 0 atom stereocenters. The van der Waals surface area contributed by atoms with E-state index < -0.39 is 0 Å². The molecule has 3 heteroatoms. The lowest BCUT2D eigenvalue weighted by Gasteiger charge is -2.29. The van der Waals surface area contributed by atoms with Crippen LogP contribution in [0.1, 0.15) is 49.1 Å². The first-order valence-corrected chi connectivity index (χ1v) is 8.87. The van der Waals surface area contributed by atoms with Crippen LogP contribution in [0.15, 0.2) is 54.6 Å². The monoisotopic (exact) mass is 345 g/mol. The summed E-state index contributed by atoms with van der Waals surface area (Å²) in [5.41, 5.74) is 2.82. The second-order valence-electron chi connectivity index (χ2n) is 6.68. The van der Waals surface area contributed by atoms with Crippen molar-refractivity contribution in [3.63, 3.8) is 0 Å². The lowest BCUT2D eigenvalue weighted by Crippen LogP contribution is -2.33. The number of phenols is 1. The lowest BCUT2D eigenvalue weighted by molar-refractivity contribution is 0.342. The van der Waals surface area contributed by atoms with E-state index in [2.05, 4.69) is 47.8 Å². The van der Waals surface area contributed by atoms with Crippen LogP contribution in [0.3, 0.4) is 0 Å². The highest BCUT2D eigenvalue weighted by molar-refractivity contribution is 5.85. The third kappa shape index (κ3) is 5.54. The fourth-order valence-corrected chi connectivity index (χ4v) is 3.62. The van der Waals surface area contributed by atoms with Crippen LogP contribution in [-0.2, 0) is 6.42 Å². The summed E-state index contributed by atoms with van der Waals surface area (Å²) in [6.07, 6.45) is 7.40. The summed E-state index contributed by atoms with van der Waals surface area (Å²) in [7, 11) is 0.